The zero-order chi connectivity index (χ0) is 10.8. The van der Waals surface area contributed by atoms with Crippen molar-refractivity contribution >= 4 is 0 Å². The third-order valence-corrected chi connectivity index (χ3v) is 3.93. The van der Waals surface area contributed by atoms with E-state index < -0.39 is 0 Å². The topological polar surface area (TPSA) is 26.0 Å². The van der Waals surface area contributed by atoms with Gasteiger partial charge in [0, 0.05) is 0 Å². The van der Waals surface area contributed by atoms with Gasteiger partial charge in [0.2, 0.25) is 0 Å². The summed E-state index contributed by atoms with van der Waals surface area (Å²) in [5.41, 5.74) is 10.1. The fourth-order valence-corrected chi connectivity index (χ4v) is 2.44. The standard InChI is InChI=1S/C14H21N/c1-10-6-7-13(8-11(10)2)14(9-15)12-4-3-5-12/h6-8,12,14H,3-5,9,15H2,1-2H3. The van der Waals surface area contributed by atoms with Gasteiger partial charge >= 0.3 is 0 Å². The smallest absolute Gasteiger partial charge is 0.000556 e. The molecule has 1 aromatic carbocycles. The van der Waals surface area contributed by atoms with Crippen LogP contribution in [0.2, 0.25) is 0 Å². The summed E-state index contributed by atoms with van der Waals surface area (Å²) in [6, 6.07) is 6.81. The highest BCUT2D eigenvalue weighted by Gasteiger charge is 2.27. The van der Waals surface area contributed by atoms with E-state index in [0.717, 1.165) is 12.5 Å². The van der Waals surface area contributed by atoms with Gasteiger partial charge in [-0.1, -0.05) is 24.6 Å². The second-order valence-corrected chi connectivity index (χ2v) is 4.88. The van der Waals surface area contributed by atoms with Crippen LogP contribution in [0.5, 0.6) is 0 Å². The summed E-state index contributed by atoms with van der Waals surface area (Å²) in [4.78, 5) is 0. The first-order chi connectivity index (χ1) is 7.22. The van der Waals surface area contributed by atoms with Gasteiger partial charge < -0.3 is 5.73 Å². The van der Waals surface area contributed by atoms with E-state index in [0.29, 0.717) is 5.92 Å². The number of hydrogen-bond donors (Lipinski definition) is 1. The monoisotopic (exact) mass is 203 g/mol. The first-order valence-electron chi connectivity index (χ1n) is 5.99. The van der Waals surface area contributed by atoms with Crippen molar-refractivity contribution in [1.82, 2.24) is 0 Å². The highest BCUT2D eigenvalue weighted by atomic mass is 14.6. The van der Waals surface area contributed by atoms with Gasteiger partial charge in [0.25, 0.3) is 0 Å². The van der Waals surface area contributed by atoms with Crippen LogP contribution < -0.4 is 5.73 Å². The van der Waals surface area contributed by atoms with Gasteiger partial charge in [-0.05, 0) is 61.8 Å². The van der Waals surface area contributed by atoms with E-state index in [-0.39, 0.29) is 0 Å². The molecular formula is C14H21N. The summed E-state index contributed by atoms with van der Waals surface area (Å²) >= 11 is 0. The molecule has 2 N–H and O–H groups in total. The van der Waals surface area contributed by atoms with E-state index in [4.69, 9.17) is 5.73 Å². The van der Waals surface area contributed by atoms with Crippen molar-refractivity contribution in [3.8, 4) is 0 Å². The van der Waals surface area contributed by atoms with Gasteiger partial charge in [-0.3, -0.25) is 0 Å². The fourth-order valence-electron chi connectivity index (χ4n) is 2.44. The number of aryl methyl sites for hydroxylation is 2. The summed E-state index contributed by atoms with van der Waals surface area (Å²) in [6.07, 6.45) is 4.13. The molecule has 1 saturated carbocycles. The summed E-state index contributed by atoms with van der Waals surface area (Å²) < 4.78 is 0. The third-order valence-electron chi connectivity index (χ3n) is 3.93. The van der Waals surface area contributed by atoms with Crippen molar-refractivity contribution in [2.75, 3.05) is 6.54 Å². The Bertz CT molecular complexity index is 339. The van der Waals surface area contributed by atoms with Crippen molar-refractivity contribution in [3.63, 3.8) is 0 Å². The van der Waals surface area contributed by atoms with Crippen LogP contribution in [0.1, 0.15) is 41.9 Å². The molecule has 1 atom stereocenters. The number of rotatable bonds is 3. The zero-order valence-corrected chi connectivity index (χ0v) is 9.79. The SMILES string of the molecule is Cc1ccc(C(CN)C2CCC2)cc1C. The normalized spacial score (nSPS) is 18.6. The minimum absolute atomic E-state index is 0.595. The number of nitrogens with two attached hydrogens (primary N) is 1. The lowest BCUT2D eigenvalue weighted by Crippen LogP contribution is -2.26. The molecule has 0 aliphatic heterocycles. The predicted octanol–water partition coefficient (Wildman–Crippen LogP) is 3.15. The molecule has 1 heteroatoms. The Morgan fingerprint density at radius 3 is 2.47 bits per heavy atom. The summed E-state index contributed by atoms with van der Waals surface area (Å²) in [7, 11) is 0. The molecule has 1 aliphatic carbocycles. The van der Waals surface area contributed by atoms with E-state index in [1.807, 2.05) is 0 Å². The average Bonchev–Trinajstić information content (AvgIpc) is 2.16. The molecule has 1 aliphatic rings. The summed E-state index contributed by atoms with van der Waals surface area (Å²) in [5.74, 6) is 1.44. The highest BCUT2D eigenvalue weighted by molar-refractivity contribution is 5.32. The van der Waals surface area contributed by atoms with Crippen LogP contribution in [-0.2, 0) is 0 Å². The van der Waals surface area contributed by atoms with Crippen molar-refractivity contribution in [2.24, 2.45) is 11.7 Å². The lowest BCUT2D eigenvalue weighted by atomic mass is 9.73. The van der Waals surface area contributed by atoms with Crippen LogP contribution in [0, 0.1) is 19.8 Å². The molecule has 0 amide bonds. The van der Waals surface area contributed by atoms with Crippen LogP contribution in [0.25, 0.3) is 0 Å². The van der Waals surface area contributed by atoms with E-state index in [1.54, 1.807) is 0 Å². The Labute approximate surface area is 92.7 Å². The number of hydrogen-bond acceptors (Lipinski definition) is 1. The molecule has 2 rings (SSSR count). The maximum absolute atomic E-state index is 5.90. The Balaban J connectivity index is 2.21. The van der Waals surface area contributed by atoms with Crippen molar-refractivity contribution in [2.45, 2.75) is 39.0 Å². The molecule has 0 spiro atoms. The van der Waals surface area contributed by atoms with Gasteiger partial charge in [-0.25, -0.2) is 0 Å². The van der Waals surface area contributed by atoms with Crippen LogP contribution in [0.15, 0.2) is 18.2 Å². The first-order valence-corrected chi connectivity index (χ1v) is 5.99. The van der Waals surface area contributed by atoms with Crippen molar-refractivity contribution in [3.05, 3.63) is 34.9 Å². The van der Waals surface area contributed by atoms with Crippen molar-refractivity contribution in [1.29, 1.82) is 0 Å². The molecule has 15 heavy (non-hydrogen) atoms. The van der Waals surface area contributed by atoms with E-state index >= 15 is 0 Å². The second-order valence-electron chi connectivity index (χ2n) is 4.88. The Morgan fingerprint density at radius 2 is 2.00 bits per heavy atom. The van der Waals surface area contributed by atoms with Crippen LogP contribution in [0.3, 0.4) is 0 Å². The molecule has 0 bridgehead atoms. The quantitative estimate of drug-likeness (QED) is 0.802. The molecule has 0 radical (unpaired) electrons. The van der Waals surface area contributed by atoms with Gasteiger partial charge in [0.1, 0.15) is 0 Å². The molecule has 82 valence electrons. The van der Waals surface area contributed by atoms with Crippen LogP contribution in [-0.4, -0.2) is 6.54 Å². The summed E-state index contributed by atoms with van der Waals surface area (Å²) in [6.45, 7) is 5.15. The average molecular weight is 203 g/mol. The van der Waals surface area contributed by atoms with Crippen LogP contribution in [0.4, 0.5) is 0 Å². The van der Waals surface area contributed by atoms with Gasteiger partial charge in [0.05, 0.1) is 0 Å². The maximum atomic E-state index is 5.90. The lowest BCUT2D eigenvalue weighted by Gasteiger charge is -2.33. The third kappa shape index (κ3) is 2.07. The fraction of sp³-hybridized carbons (Fsp3) is 0.571. The van der Waals surface area contributed by atoms with Gasteiger partial charge in [-0.15, -0.1) is 0 Å². The van der Waals surface area contributed by atoms with Crippen molar-refractivity contribution < 1.29 is 0 Å². The van der Waals surface area contributed by atoms with Gasteiger partial charge in [0.15, 0.2) is 0 Å². The summed E-state index contributed by atoms with van der Waals surface area (Å²) in [5, 5.41) is 0. The maximum Gasteiger partial charge on any atom is -0.000556 e. The zero-order valence-electron chi connectivity index (χ0n) is 9.79. The second kappa shape index (κ2) is 4.36. The molecule has 0 heterocycles. The van der Waals surface area contributed by atoms with E-state index in [1.165, 1.54) is 36.0 Å². The van der Waals surface area contributed by atoms with E-state index in [9.17, 15) is 0 Å². The number of benzene rings is 1. The Kier molecular flexibility index (Phi) is 3.11. The van der Waals surface area contributed by atoms with Gasteiger partial charge in [-0.2, -0.15) is 0 Å². The molecule has 0 aromatic heterocycles. The predicted molar refractivity (Wildman–Crippen MR) is 65.1 cm³/mol. The molecule has 0 saturated heterocycles. The molecule has 1 aromatic rings. The lowest BCUT2D eigenvalue weighted by molar-refractivity contribution is 0.264. The molecular weight excluding hydrogens is 182 g/mol. The van der Waals surface area contributed by atoms with E-state index in [2.05, 4.69) is 32.0 Å². The molecule has 1 nitrogen and oxygen atoms in total. The first kappa shape index (κ1) is 10.7. The minimum atomic E-state index is 0.595. The highest BCUT2D eigenvalue weighted by Crippen LogP contribution is 2.38. The molecule has 1 fully saturated rings. The van der Waals surface area contributed by atoms with Crippen LogP contribution >= 0.6 is 0 Å². The Hall–Kier alpha value is -0.820. The largest absolute Gasteiger partial charge is 0.330 e. The Morgan fingerprint density at radius 1 is 1.27 bits per heavy atom. The molecule has 1 unspecified atom stereocenters. The minimum Gasteiger partial charge on any atom is -0.330 e.